The second-order valence-corrected chi connectivity index (χ2v) is 4.93. The molecule has 72 valence electrons. The Morgan fingerprint density at radius 3 is 2.25 bits per heavy atom. The van der Waals surface area contributed by atoms with Gasteiger partial charge in [0.25, 0.3) is 0 Å². The molecule has 1 saturated carbocycles. The van der Waals surface area contributed by atoms with E-state index in [1.807, 2.05) is 0 Å². The molecular formula is C12H24. The third-order valence-electron chi connectivity index (χ3n) is 3.49. The van der Waals surface area contributed by atoms with Crippen molar-refractivity contribution < 1.29 is 0 Å². The Bertz CT molecular complexity index is 126. The summed E-state index contributed by atoms with van der Waals surface area (Å²) in [5.41, 5.74) is 0. The van der Waals surface area contributed by atoms with E-state index < -0.39 is 0 Å². The van der Waals surface area contributed by atoms with Gasteiger partial charge in [-0.05, 0) is 30.1 Å². The summed E-state index contributed by atoms with van der Waals surface area (Å²) >= 11 is 0. The first-order chi connectivity index (χ1) is 5.66. The molecule has 0 heteroatoms. The van der Waals surface area contributed by atoms with Gasteiger partial charge in [-0.3, -0.25) is 0 Å². The lowest BCUT2D eigenvalue weighted by molar-refractivity contribution is 0.393. The Morgan fingerprint density at radius 2 is 1.83 bits per heavy atom. The van der Waals surface area contributed by atoms with Crippen molar-refractivity contribution in [3.63, 3.8) is 0 Å². The minimum atomic E-state index is 0.930. The summed E-state index contributed by atoms with van der Waals surface area (Å²) in [6.07, 6.45) is 5.78. The van der Waals surface area contributed by atoms with Crippen LogP contribution in [-0.4, -0.2) is 0 Å². The van der Waals surface area contributed by atoms with Crippen LogP contribution in [0.1, 0.15) is 53.4 Å². The van der Waals surface area contributed by atoms with Crippen LogP contribution < -0.4 is 0 Å². The third kappa shape index (κ3) is 2.50. The topological polar surface area (TPSA) is 0 Å². The highest BCUT2D eigenvalue weighted by Crippen LogP contribution is 2.49. The number of unbranched alkanes of at least 4 members (excludes halogenated alkanes) is 1. The van der Waals surface area contributed by atoms with Gasteiger partial charge in [0.2, 0.25) is 0 Å². The maximum absolute atomic E-state index is 2.45. The molecule has 0 bridgehead atoms. The molecule has 3 unspecified atom stereocenters. The fourth-order valence-corrected chi connectivity index (χ4v) is 2.40. The van der Waals surface area contributed by atoms with Gasteiger partial charge in [0, 0.05) is 0 Å². The first-order valence-corrected chi connectivity index (χ1v) is 5.66. The zero-order chi connectivity index (χ0) is 9.14. The van der Waals surface area contributed by atoms with Gasteiger partial charge >= 0.3 is 0 Å². The van der Waals surface area contributed by atoms with Crippen molar-refractivity contribution in [2.75, 3.05) is 0 Å². The Morgan fingerprint density at radius 1 is 1.17 bits per heavy atom. The molecule has 0 saturated heterocycles. The molecule has 0 aromatic heterocycles. The molecule has 1 aliphatic carbocycles. The van der Waals surface area contributed by atoms with Gasteiger partial charge in [-0.25, -0.2) is 0 Å². The van der Waals surface area contributed by atoms with Crippen molar-refractivity contribution in [3.8, 4) is 0 Å². The summed E-state index contributed by atoms with van der Waals surface area (Å²) in [6.45, 7) is 9.48. The van der Waals surface area contributed by atoms with E-state index in [0.717, 1.165) is 23.7 Å². The SMILES string of the molecule is CCCCC(C)C1CC1C(C)C. The summed E-state index contributed by atoms with van der Waals surface area (Å²) in [7, 11) is 0. The smallest absolute Gasteiger partial charge is 0.0355 e. The maximum Gasteiger partial charge on any atom is -0.0355 e. The zero-order valence-corrected chi connectivity index (χ0v) is 9.14. The van der Waals surface area contributed by atoms with E-state index in [0.29, 0.717) is 0 Å². The molecule has 0 radical (unpaired) electrons. The van der Waals surface area contributed by atoms with Gasteiger partial charge in [0.1, 0.15) is 0 Å². The van der Waals surface area contributed by atoms with E-state index >= 15 is 0 Å². The van der Waals surface area contributed by atoms with Crippen LogP contribution >= 0.6 is 0 Å². The first kappa shape index (κ1) is 10.1. The first-order valence-electron chi connectivity index (χ1n) is 5.66. The monoisotopic (exact) mass is 168 g/mol. The second kappa shape index (κ2) is 4.30. The van der Waals surface area contributed by atoms with Crippen LogP contribution in [-0.2, 0) is 0 Å². The maximum atomic E-state index is 2.45. The van der Waals surface area contributed by atoms with E-state index in [-0.39, 0.29) is 0 Å². The van der Waals surface area contributed by atoms with Crippen LogP contribution in [0.3, 0.4) is 0 Å². The molecular weight excluding hydrogens is 144 g/mol. The fraction of sp³-hybridized carbons (Fsp3) is 1.00. The molecule has 0 nitrogen and oxygen atoms in total. The van der Waals surface area contributed by atoms with Crippen LogP contribution in [0, 0.1) is 23.7 Å². The minimum Gasteiger partial charge on any atom is -0.0654 e. The lowest BCUT2D eigenvalue weighted by atomic mass is 9.95. The van der Waals surface area contributed by atoms with Gasteiger partial charge in [0.15, 0.2) is 0 Å². The molecule has 1 fully saturated rings. The predicted octanol–water partition coefficient (Wildman–Crippen LogP) is 4.10. The molecule has 0 N–H and O–H groups in total. The van der Waals surface area contributed by atoms with Crippen molar-refractivity contribution in [3.05, 3.63) is 0 Å². The van der Waals surface area contributed by atoms with Crippen LogP contribution in [0.15, 0.2) is 0 Å². The third-order valence-corrected chi connectivity index (χ3v) is 3.49. The van der Waals surface area contributed by atoms with Crippen LogP contribution in [0.25, 0.3) is 0 Å². The van der Waals surface area contributed by atoms with Crippen LogP contribution in [0.2, 0.25) is 0 Å². The summed E-state index contributed by atoms with van der Waals surface area (Å²) in [6, 6.07) is 0. The van der Waals surface area contributed by atoms with Gasteiger partial charge < -0.3 is 0 Å². The Labute approximate surface area is 77.7 Å². The van der Waals surface area contributed by atoms with Crippen molar-refractivity contribution in [1.82, 2.24) is 0 Å². The predicted molar refractivity (Wildman–Crippen MR) is 55.1 cm³/mol. The highest BCUT2D eigenvalue weighted by atomic mass is 14.5. The van der Waals surface area contributed by atoms with E-state index in [1.165, 1.54) is 25.7 Å². The fourth-order valence-electron chi connectivity index (χ4n) is 2.40. The lowest BCUT2D eigenvalue weighted by Gasteiger charge is -2.11. The summed E-state index contributed by atoms with van der Waals surface area (Å²) in [5.74, 6) is 4.07. The average Bonchev–Trinajstić information content (AvgIpc) is 2.78. The van der Waals surface area contributed by atoms with E-state index in [2.05, 4.69) is 27.7 Å². The van der Waals surface area contributed by atoms with E-state index in [9.17, 15) is 0 Å². The van der Waals surface area contributed by atoms with Gasteiger partial charge in [0.05, 0.1) is 0 Å². The second-order valence-electron chi connectivity index (χ2n) is 4.93. The molecule has 0 aliphatic heterocycles. The molecule has 12 heavy (non-hydrogen) atoms. The zero-order valence-electron chi connectivity index (χ0n) is 9.14. The van der Waals surface area contributed by atoms with E-state index in [1.54, 1.807) is 0 Å². The normalized spacial score (nSPS) is 30.8. The summed E-state index contributed by atoms with van der Waals surface area (Å²) in [4.78, 5) is 0. The Balaban J connectivity index is 2.14. The minimum absolute atomic E-state index is 0.930. The van der Waals surface area contributed by atoms with Gasteiger partial charge in [-0.2, -0.15) is 0 Å². The largest absolute Gasteiger partial charge is 0.0654 e. The standard InChI is InChI=1S/C12H24/c1-5-6-7-10(4)12-8-11(12)9(2)3/h9-12H,5-8H2,1-4H3. The molecule has 0 amide bonds. The lowest BCUT2D eigenvalue weighted by Crippen LogP contribution is -2.02. The average molecular weight is 168 g/mol. The number of hydrogen-bond acceptors (Lipinski definition) is 0. The molecule has 0 spiro atoms. The van der Waals surface area contributed by atoms with Crippen LogP contribution in [0.5, 0.6) is 0 Å². The van der Waals surface area contributed by atoms with Gasteiger partial charge in [-0.15, -0.1) is 0 Å². The van der Waals surface area contributed by atoms with Crippen molar-refractivity contribution in [2.45, 2.75) is 53.4 Å². The Hall–Kier alpha value is 0. The van der Waals surface area contributed by atoms with E-state index in [4.69, 9.17) is 0 Å². The molecule has 3 atom stereocenters. The highest BCUT2D eigenvalue weighted by molar-refractivity contribution is 4.91. The van der Waals surface area contributed by atoms with Crippen LogP contribution in [0.4, 0.5) is 0 Å². The number of rotatable bonds is 5. The molecule has 0 aromatic carbocycles. The van der Waals surface area contributed by atoms with Crippen molar-refractivity contribution in [2.24, 2.45) is 23.7 Å². The summed E-state index contributed by atoms with van der Waals surface area (Å²) in [5, 5.41) is 0. The summed E-state index contributed by atoms with van der Waals surface area (Å²) < 4.78 is 0. The number of hydrogen-bond donors (Lipinski definition) is 0. The Kier molecular flexibility index (Phi) is 3.61. The van der Waals surface area contributed by atoms with Crippen molar-refractivity contribution in [1.29, 1.82) is 0 Å². The van der Waals surface area contributed by atoms with Gasteiger partial charge in [-0.1, -0.05) is 47.0 Å². The molecule has 0 heterocycles. The molecule has 1 rings (SSSR count). The quantitative estimate of drug-likeness (QED) is 0.579. The highest BCUT2D eigenvalue weighted by Gasteiger charge is 2.41. The van der Waals surface area contributed by atoms with Crippen molar-refractivity contribution >= 4 is 0 Å². The molecule has 1 aliphatic rings. The molecule has 0 aromatic rings.